The summed E-state index contributed by atoms with van der Waals surface area (Å²) < 4.78 is 5.60. The predicted molar refractivity (Wildman–Crippen MR) is 93.6 cm³/mol. The van der Waals surface area contributed by atoms with E-state index in [2.05, 4.69) is 0 Å². The van der Waals surface area contributed by atoms with E-state index in [-0.39, 0.29) is 34.2 Å². The molecule has 9 heteroatoms. The van der Waals surface area contributed by atoms with Crippen molar-refractivity contribution in [3.63, 3.8) is 0 Å². The van der Waals surface area contributed by atoms with Crippen molar-refractivity contribution in [1.82, 2.24) is 4.90 Å². The van der Waals surface area contributed by atoms with Crippen LogP contribution in [0.15, 0.2) is 34.7 Å². The van der Waals surface area contributed by atoms with Crippen molar-refractivity contribution in [3.05, 3.63) is 51.2 Å². The number of furan rings is 1. The molecule has 0 atom stereocenters. The number of nitro groups is 1. The first-order valence-corrected chi connectivity index (χ1v) is 8.37. The number of rotatable bonds is 4. The molecule has 8 nitrogen and oxygen atoms in total. The van der Waals surface area contributed by atoms with E-state index in [0.717, 1.165) is 0 Å². The van der Waals surface area contributed by atoms with E-state index in [0.29, 0.717) is 37.3 Å². The first-order chi connectivity index (χ1) is 12.4. The van der Waals surface area contributed by atoms with Gasteiger partial charge in [-0.2, -0.15) is 0 Å². The summed E-state index contributed by atoms with van der Waals surface area (Å²) in [4.78, 5) is 35.6. The Hall–Kier alpha value is -2.87. The number of carbonyl (C=O) groups excluding carboxylic acids is 2. The average molecular weight is 378 g/mol. The number of nitro benzene ring substituents is 1. The van der Waals surface area contributed by atoms with Crippen molar-refractivity contribution in [2.45, 2.75) is 12.8 Å². The largest absolute Gasteiger partial charge is 0.451 e. The number of nitrogens with two attached hydrogens (primary N) is 1. The number of non-ortho nitro benzene ring substituents is 1. The van der Waals surface area contributed by atoms with Crippen LogP contribution in [0.3, 0.4) is 0 Å². The monoisotopic (exact) mass is 377 g/mol. The molecule has 1 aliphatic heterocycles. The van der Waals surface area contributed by atoms with Crippen molar-refractivity contribution in [2.75, 3.05) is 13.1 Å². The van der Waals surface area contributed by atoms with Crippen LogP contribution in [-0.4, -0.2) is 34.7 Å². The lowest BCUT2D eigenvalue weighted by molar-refractivity contribution is -0.384. The minimum Gasteiger partial charge on any atom is -0.451 e. The maximum atomic E-state index is 12.5. The molecule has 2 N–H and O–H groups in total. The first kappa shape index (κ1) is 17.9. The number of carbonyl (C=O) groups is 2. The molecule has 0 aliphatic carbocycles. The van der Waals surface area contributed by atoms with E-state index in [4.69, 9.17) is 21.8 Å². The van der Waals surface area contributed by atoms with Crippen LogP contribution in [0.25, 0.3) is 11.3 Å². The second kappa shape index (κ2) is 7.17. The van der Waals surface area contributed by atoms with E-state index < -0.39 is 4.92 Å². The fraction of sp³-hybridized carbons (Fsp3) is 0.294. The normalized spacial score (nSPS) is 15.0. The highest BCUT2D eigenvalue weighted by atomic mass is 35.5. The maximum Gasteiger partial charge on any atom is 0.289 e. The molecule has 2 aromatic rings. The van der Waals surface area contributed by atoms with Crippen LogP contribution in [0.4, 0.5) is 5.69 Å². The number of nitrogens with zero attached hydrogens (tertiary/aromatic N) is 2. The molecule has 2 heterocycles. The number of halogens is 1. The Morgan fingerprint density at radius 2 is 1.92 bits per heavy atom. The van der Waals surface area contributed by atoms with Crippen molar-refractivity contribution < 1.29 is 18.9 Å². The number of hydrogen-bond acceptors (Lipinski definition) is 5. The van der Waals surface area contributed by atoms with Crippen molar-refractivity contribution in [2.24, 2.45) is 11.7 Å². The third kappa shape index (κ3) is 3.55. The van der Waals surface area contributed by atoms with E-state index in [9.17, 15) is 19.7 Å². The second-order valence-corrected chi connectivity index (χ2v) is 6.46. The molecule has 0 spiro atoms. The van der Waals surface area contributed by atoms with Gasteiger partial charge in [0, 0.05) is 36.7 Å². The SMILES string of the molecule is NC(=O)C1CCN(C(=O)c2ccc(-c3ccc([N+](=O)[O-])cc3Cl)o2)CC1. The molecule has 0 radical (unpaired) electrons. The van der Waals surface area contributed by atoms with Gasteiger partial charge >= 0.3 is 0 Å². The van der Waals surface area contributed by atoms with Crippen molar-refractivity contribution in [1.29, 1.82) is 0 Å². The van der Waals surface area contributed by atoms with E-state index in [1.165, 1.54) is 24.3 Å². The molecule has 1 aromatic carbocycles. The minimum atomic E-state index is -0.539. The lowest BCUT2D eigenvalue weighted by atomic mass is 9.96. The van der Waals surface area contributed by atoms with Gasteiger partial charge in [-0.25, -0.2) is 0 Å². The minimum absolute atomic E-state index is 0.126. The summed E-state index contributed by atoms with van der Waals surface area (Å²) in [7, 11) is 0. The van der Waals surface area contributed by atoms with Crippen LogP contribution >= 0.6 is 11.6 Å². The summed E-state index contributed by atoms with van der Waals surface area (Å²) in [5.74, 6) is -0.334. The van der Waals surface area contributed by atoms with Gasteiger partial charge in [-0.15, -0.1) is 0 Å². The molecule has 1 saturated heterocycles. The Morgan fingerprint density at radius 3 is 2.50 bits per heavy atom. The average Bonchev–Trinajstić information content (AvgIpc) is 3.10. The lowest BCUT2D eigenvalue weighted by Crippen LogP contribution is -2.41. The highest BCUT2D eigenvalue weighted by Crippen LogP contribution is 2.32. The number of benzene rings is 1. The summed E-state index contributed by atoms with van der Waals surface area (Å²) >= 11 is 6.09. The Bertz CT molecular complexity index is 871. The third-order valence-corrected chi connectivity index (χ3v) is 4.74. The molecule has 3 rings (SSSR count). The molecular weight excluding hydrogens is 362 g/mol. The molecule has 136 valence electrons. The van der Waals surface area contributed by atoms with Gasteiger partial charge in [0.1, 0.15) is 5.76 Å². The van der Waals surface area contributed by atoms with Crippen LogP contribution in [0.1, 0.15) is 23.4 Å². The number of primary amides is 1. The van der Waals surface area contributed by atoms with Crippen LogP contribution in [0.5, 0.6) is 0 Å². The Balaban J connectivity index is 1.75. The summed E-state index contributed by atoms with van der Waals surface area (Å²) in [6.45, 7) is 0.863. The molecule has 0 saturated carbocycles. The molecule has 1 aliphatic rings. The van der Waals surface area contributed by atoms with Crippen LogP contribution in [0.2, 0.25) is 5.02 Å². The number of amides is 2. The molecular formula is C17H16ClN3O5. The summed E-state index contributed by atoms with van der Waals surface area (Å²) in [6, 6.07) is 7.16. The number of piperidine rings is 1. The molecule has 1 fully saturated rings. The van der Waals surface area contributed by atoms with Gasteiger partial charge in [-0.3, -0.25) is 19.7 Å². The summed E-state index contributed by atoms with van der Waals surface area (Å²) in [5.41, 5.74) is 5.63. The molecule has 0 bridgehead atoms. The standard InChI is InChI=1S/C17H16ClN3O5/c18-13-9-11(21(24)25)1-2-12(13)14-3-4-15(26-14)17(23)20-7-5-10(6-8-20)16(19)22/h1-4,9-10H,5-8H2,(H2,19,22). The van der Waals surface area contributed by atoms with Crippen molar-refractivity contribution >= 4 is 29.1 Å². The molecule has 1 aromatic heterocycles. The maximum absolute atomic E-state index is 12.5. The zero-order chi connectivity index (χ0) is 18.8. The van der Waals surface area contributed by atoms with Gasteiger partial charge < -0.3 is 15.1 Å². The zero-order valence-electron chi connectivity index (χ0n) is 13.7. The molecule has 0 unspecified atom stereocenters. The van der Waals surface area contributed by atoms with Gasteiger partial charge in [0.25, 0.3) is 11.6 Å². The highest BCUT2D eigenvalue weighted by molar-refractivity contribution is 6.33. The fourth-order valence-corrected chi connectivity index (χ4v) is 3.21. The topological polar surface area (TPSA) is 120 Å². The van der Waals surface area contributed by atoms with Gasteiger partial charge in [-0.05, 0) is 31.0 Å². The number of hydrogen-bond donors (Lipinski definition) is 1. The Labute approximate surface area is 153 Å². The smallest absolute Gasteiger partial charge is 0.289 e. The highest BCUT2D eigenvalue weighted by Gasteiger charge is 2.28. The second-order valence-electron chi connectivity index (χ2n) is 6.05. The van der Waals surface area contributed by atoms with E-state index in [1.807, 2.05) is 0 Å². The fourth-order valence-electron chi connectivity index (χ4n) is 2.94. The molecule has 26 heavy (non-hydrogen) atoms. The van der Waals surface area contributed by atoms with Crippen LogP contribution < -0.4 is 5.73 Å². The van der Waals surface area contributed by atoms with Gasteiger partial charge in [0.2, 0.25) is 5.91 Å². The number of likely N-dealkylation sites (tertiary alicyclic amines) is 1. The third-order valence-electron chi connectivity index (χ3n) is 4.43. The predicted octanol–water partition coefficient (Wildman–Crippen LogP) is 2.85. The Kier molecular flexibility index (Phi) is 4.94. The van der Waals surface area contributed by atoms with Gasteiger partial charge in [0.15, 0.2) is 5.76 Å². The van der Waals surface area contributed by atoms with Gasteiger partial charge in [0.05, 0.1) is 9.95 Å². The lowest BCUT2D eigenvalue weighted by Gasteiger charge is -2.29. The van der Waals surface area contributed by atoms with E-state index in [1.54, 1.807) is 11.0 Å². The van der Waals surface area contributed by atoms with Gasteiger partial charge in [-0.1, -0.05) is 11.6 Å². The van der Waals surface area contributed by atoms with Crippen molar-refractivity contribution in [3.8, 4) is 11.3 Å². The summed E-state index contributed by atoms with van der Waals surface area (Å²) in [5, 5.41) is 10.9. The van der Waals surface area contributed by atoms with Crippen LogP contribution in [-0.2, 0) is 4.79 Å². The first-order valence-electron chi connectivity index (χ1n) is 7.99. The van der Waals surface area contributed by atoms with E-state index >= 15 is 0 Å². The molecule has 2 amide bonds. The quantitative estimate of drug-likeness (QED) is 0.648. The zero-order valence-corrected chi connectivity index (χ0v) is 14.4. The van der Waals surface area contributed by atoms with Crippen LogP contribution in [0, 0.1) is 16.0 Å². The summed E-state index contributed by atoms with van der Waals surface area (Å²) in [6.07, 6.45) is 1.06. The Morgan fingerprint density at radius 1 is 1.23 bits per heavy atom.